The highest BCUT2D eigenvalue weighted by Gasteiger charge is 2.14. The minimum absolute atomic E-state index is 0.214. The second-order valence-electron chi connectivity index (χ2n) is 5.72. The van der Waals surface area contributed by atoms with Gasteiger partial charge in [-0.1, -0.05) is 24.3 Å². The number of ether oxygens (including phenoxy) is 2. The number of hydrogen-bond acceptors (Lipinski definition) is 5. The van der Waals surface area contributed by atoms with Crippen LogP contribution in [0.1, 0.15) is 0 Å². The zero-order chi connectivity index (χ0) is 18.8. The van der Waals surface area contributed by atoms with Crippen molar-refractivity contribution in [3.63, 3.8) is 0 Å². The zero-order valence-electron chi connectivity index (χ0n) is 14.3. The summed E-state index contributed by atoms with van der Waals surface area (Å²) in [5.41, 5.74) is 0.640. The van der Waals surface area contributed by atoms with E-state index in [4.69, 9.17) is 13.9 Å². The monoisotopic (exact) mass is 423 g/mol. The lowest BCUT2D eigenvalue weighted by Crippen LogP contribution is -2.05. The Morgan fingerprint density at radius 1 is 0.963 bits per heavy atom. The summed E-state index contributed by atoms with van der Waals surface area (Å²) in [5, 5.41) is 0.321. The van der Waals surface area contributed by atoms with Gasteiger partial charge in [0.05, 0.1) is 17.1 Å². The van der Waals surface area contributed by atoms with Crippen molar-refractivity contribution in [2.24, 2.45) is 0 Å². The van der Waals surface area contributed by atoms with Crippen LogP contribution in [0.5, 0.6) is 17.2 Å². The van der Waals surface area contributed by atoms with Crippen molar-refractivity contribution < 1.29 is 13.9 Å². The highest BCUT2D eigenvalue weighted by molar-refractivity contribution is 9.10. The van der Waals surface area contributed by atoms with Crippen LogP contribution in [0.3, 0.4) is 0 Å². The molecule has 0 atom stereocenters. The van der Waals surface area contributed by atoms with E-state index in [1.807, 2.05) is 36.4 Å². The van der Waals surface area contributed by atoms with Gasteiger partial charge in [-0.25, -0.2) is 9.78 Å². The highest BCUT2D eigenvalue weighted by Crippen LogP contribution is 2.34. The van der Waals surface area contributed by atoms with E-state index in [0.29, 0.717) is 33.7 Å². The van der Waals surface area contributed by atoms with Gasteiger partial charge >= 0.3 is 5.63 Å². The summed E-state index contributed by atoms with van der Waals surface area (Å²) in [6, 6.07) is 20.1. The second kappa shape index (κ2) is 7.25. The third-order valence-corrected chi connectivity index (χ3v) is 4.64. The summed E-state index contributed by atoms with van der Waals surface area (Å²) in [5.74, 6) is 1.94. The number of halogens is 1. The number of benzene rings is 3. The molecule has 0 bridgehead atoms. The second-order valence-corrected chi connectivity index (χ2v) is 6.58. The SMILES string of the molecule is COc1cccc2nc(-c3ccc(Br)c(Oc4ccccc4)c3)oc(=O)c12. The quantitative estimate of drug-likeness (QED) is 0.438. The Labute approximate surface area is 163 Å². The Morgan fingerprint density at radius 3 is 2.56 bits per heavy atom. The standard InChI is InChI=1S/C21H14BrNO4/c1-25-17-9-5-8-16-19(17)21(24)27-20(23-16)13-10-11-15(22)18(12-13)26-14-6-3-2-4-7-14/h2-12H,1H3. The molecule has 134 valence electrons. The number of aromatic nitrogens is 1. The van der Waals surface area contributed by atoms with Gasteiger partial charge in [0, 0.05) is 5.56 Å². The number of para-hydroxylation sites is 1. The first-order chi connectivity index (χ1) is 13.2. The zero-order valence-corrected chi connectivity index (χ0v) is 15.9. The summed E-state index contributed by atoms with van der Waals surface area (Å²) in [7, 11) is 1.50. The number of hydrogen-bond donors (Lipinski definition) is 0. The van der Waals surface area contributed by atoms with Gasteiger partial charge in [0.15, 0.2) is 0 Å². The molecule has 1 aromatic heterocycles. The molecule has 0 N–H and O–H groups in total. The number of methoxy groups -OCH3 is 1. The van der Waals surface area contributed by atoms with Crippen LogP contribution in [0.25, 0.3) is 22.4 Å². The average Bonchev–Trinajstić information content (AvgIpc) is 2.69. The fraction of sp³-hybridized carbons (Fsp3) is 0.0476. The van der Waals surface area contributed by atoms with Crippen molar-refractivity contribution >= 4 is 26.8 Å². The van der Waals surface area contributed by atoms with Crippen LogP contribution in [0.15, 0.2) is 80.4 Å². The van der Waals surface area contributed by atoms with Crippen molar-refractivity contribution in [1.82, 2.24) is 4.98 Å². The Balaban J connectivity index is 1.80. The summed E-state index contributed by atoms with van der Waals surface area (Å²) in [6.07, 6.45) is 0. The molecule has 6 heteroatoms. The summed E-state index contributed by atoms with van der Waals surface area (Å²) in [4.78, 5) is 16.9. The predicted octanol–water partition coefficient (Wildman–Crippen LogP) is 5.42. The fourth-order valence-electron chi connectivity index (χ4n) is 2.71. The van der Waals surface area contributed by atoms with E-state index in [0.717, 1.165) is 4.47 Å². The summed E-state index contributed by atoms with van der Waals surface area (Å²) >= 11 is 3.48. The lowest BCUT2D eigenvalue weighted by atomic mass is 10.2. The average molecular weight is 424 g/mol. The van der Waals surface area contributed by atoms with Gasteiger partial charge in [0.25, 0.3) is 0 Å². The third kappa shape index (κ3) is 3.44. The highest BCUT2D eigenvalue weighted by atomic mass is 79.9. The van der Waals surface area contributed by atoms with Crippen molar-refractivity contribution in [2.75, 3.05) is 7.11 Å². The molecule has 0 aliphatic heterocycles. The van der Waals surface area contributed by atoms with Gasteiger partial charge in [-0.05, 0) is 58.4 Å². The lowest BCUT2D eigenvalue weighted by Gasteiger charge is -2.10. The molecular weight excluding hydrogens is 410 g/mol. The van der Waals surface area contributed by atoms with Gasteiger partial charge < -0.3 is 13.9 Å². The maximum absolute atomic E-state index is 12.5. The molecule has 4 rings (SSSR count). The molecule has 0 saturated carbocycles. The maximum Gasteiger partial charge on any atom is 0.350 e. The van der Waals surface area contributed by atoms with E-state index in [9.17, 15) is 4.79 Å². The molecule has 0 aliphatic rings. The van der Waals surface area contributed by atoms with Crippen molar-refractivity contribution in [2.45, 2.75) is 0 Å². The molecule has 1 heterocycles. The van der Waals surface area contributed by atoms with Gasteiger partial charge in [0.1, 0.15) is 22.6 Å². The van der Waals surface area contributed by atoms with E-state index in [2.05, 4.69) is 20.9 Å². The minimum Gasteiger partial charge on any atom is -0.496 e. The predicted molar refractivity (Wildman–Crippen MR) is 106 cm³/mol. The van der Waals surface area contributed by atoms with Crippen molar-refractivity contribution in [1.29, 1.82) is 0 Å². The van der Waals surface area contributed by atoms with E-state index >= 15 is 0 Å². The van der Waals surface area contributed by atoms with Crippen LogP contribution < -0.4 is 15.1 Å². The van der Waals surface area contributed by atoms with Crippen LogP contribution >= 0.6 is 15.9 Å². The molecular formula is C21H14BrNO4. The molecule has 3 aromatic carbocycles. The van der Waals surface area contributed by atoms with Gasteiger partial charge in [-0.3, -0.25) is 0 Å². The normalized spacial score (nSPS) is 10.7. The molecule has 0 aliphatic carbocycles. The van der Waals surface area contributed by atoms with Crippen LogP contribution in [-0.4, -0.2) is 12.1 Å². The first kappa shape index (κ1) is 17.3. The van der Waals surface area contributed by atoms with Crippen LogP contribution in [-0.2, 0) is 0 Å². The molecule has 27 heavy (non-hydrogen) atoms. The van der Waals surface area contributed by atoms with Crippen molar-refractivity contribution in [3.8, 4) is 28.7 Å². The molecule has 5 nitrogen and oxygen atoms in total. The van der Waals surface area contributed by atoms with Crippen LogP contribution in [0.2, 0.25) is 0 Å². The third-order valence-electron chi connectivity index (χ3n) is 3.99. The van der Waals surface area contributed by atoms with Crippen LogP contribution in [0.4, 0.5) is 0 Å². The molecule has 4 aromatic rings. The summed E-state index contributed by atoms with van der Waals surface area (Å²) < 4.78 is 17.4. The number of fused-ring (bicyclic) bond motifs is 1. The molecule has 0 unspecified atom stereocenters. The Bertz CT molecular complexity index is 1170. The largest absolute Gasteiger partial charge is 0.496 e. The van der Waals surface area contributed by atoms with E-state index < -0.39 is 5.63 Å². The topological polar surface area (TPSA) is 61.6 Å². The molecule has 0 fully saturated rings. The Hall–Kier alpha value is -3.12. The maximum atomic E-state index is 12.5. The van der Waals surface area contributed by atoms with Crippen molar-refractivity contribution in [3.05, 3.63) is 81.6 Å². The Morgan fingerprint density at radius 2 is 1.78 bits per heavy atom. The van der Waals surface area contributed by atoms with E-state index in [-0.39, 0.29) is 5.89 Å². The first-order valence-electron chi connectivity index (χ1n) is 8.16. The fourth-order valence-corrected chi connectivity index (χ4v) is 3.04. The molecule has 0 amide bonds. The molecule has 0 radical (unpaired) electrons. The first-order valence-corrected chi connectivity index (χ1v) is 8.95. The van der Waals surface area contributed by atoms with Gasteiger partial charge in [-0.15, -0.1) is 0 Å². The van der Waals surface area contributed by atoms with E-state index in [1.54, 1.807) is 30.3 Å². The van der Waals surface area contributed by atoms with Gasteiger partial charge in [0.2, 0.25) is 5.89 Å². The minimum atomic E-state index is -0.499. The summed E-state index contributed by atoms with van der Waals surface area (Å²) in [6.45, 7) is 0. The van der Waals surface area contributed by atoms with Gasteiger partial charge in [-0.2, -0.15) is 0 Å². The van der Waals surface area contributed by atoms with Crippen LogP contribution in [0, 0.1) is 0 Å². The number of nitrogens with zero attached hydrogens (tertiary/aromatic N) is 1. The molecule has 0 saturated heterocycles. The molecule has 0 spiro atoms. The Kier molecular flexibility index (Phi) is 4.64. The number of rotatable bonds is 4. The smallest absolute Gasteiger partial charge is 0.350 e. The lowest BCUT2D eigenvalue weighted by molar-refractivity contribution is 0.416. The van der Waals surface area contributed by atoms with E-state index in [1.165, 1.54) is 7.11 Å².